The molecule has 2 aliphatic rings. The van der Waals surface area contributed by atoms with E-state index < -0.39 is 0 Å². The Morgan fingerprint density at radius 2 is 1.07 bits per heavy atom. The van der Waals surface area contributed by atoms with Crippen molar-refractivity contribution in [3.63, 3.8) is 0 Å². The van der Waals surface area contributed by atoms with Crippen molar-refractivity contribution in [2.24, 2.45) is 0 Å². The average Bonchev–Trinajstić information content (AvgIpc) is 3.02. The zero-order valence-corrected chi connectivity index (χ0v) is 23.4. The molecule has 28 heavy (non-hydrogen) atoms. The molecule has 2 aromatic rings. The minimum atomic E-state index is -0.115. The van der Waals surface area contributed by atoms with Gasteiger partial charge in [-0.15, -0.1) is 0 Å². The summed E-state index contributed by atoms with van der Waals surface area (Å²) in [4.78, 5) is 0. The van der Waals surface area contributed by atoms with Gasteiger partial charge in [-0.25, -0.2) is 0 Å². The van der Waals surface area contributed by atoms with Gasteiger partial charge in [-0.05, 0) is 60.1 Å². The number of hydrogen-bond acceptors (Lipinski definition) is 0. The van der Waals surface area contributed by atoms with Gasteiger partial charge in [-0.1, -0.05) is 105 Å². The van der Waals surface area contributed by atoms with Crippen LogP contribution in [0, 0.1) is 0 Å². The fourth-order valence-electron chi connectivity index (χ4n) is 4.79. The third-order valence-corrected chi connectivity index (χ3v) is 11.4. The van der Waals surface area contributed by atoms with Gasteiger partial charge >= 0.3 is 0 Å². The summed E-state index contributed by atoms with van der Waals surface area (Å²) in [6.07, 6.45) is 2.14. The van der Waals surface area contributed by atoms with E-state index in [4.69, 9.17) is 0 Å². The zero-order valence-electron chi connectivity index (χ0n) is 16.8. The minimum Gasteiger partial charge on any atom is -0.0795 e. The van der Waals surface area contributed by atoms with Gasteiger partial charge in [-0.3, -0.25) is 0 Å². The first kappa shape index (κ1) is 22.7. The van der Waals surface area contributed by atoms with Gasteiger partial charge in [0.05, 0.1) is 7.90 Å². The Labute approximate surface area is 207 Å². The van der Waals surface area contributed by atoms with E-state index in [9.17, 15) is 0 Å². The van der Waals surface area contributed by atoms with E-state index in [0.29, 0.717) is 9.52 Å². The first-order valence-corrected chi connectivity index (χ1v) is 12.2. The molecule has 2 unspecified atom stereocenters. The summed E-state index contributed by atoms with van der Waals surface area (Å²) in [7, 11) is 0.636. The summed E-state index contributed by atoms with van der Waals surface area (Å²) >= 11 is 8.52. The quantitative estimate of drug-likeness (QED) is 0.254. The molecular weight excluding hydrogens is 567 g/mol. The largest absolute Gasteiger partial charge is 0.106 e. The van der Waals surface area contributed by atoms with Crippen LogP contribution in [0.5, 0.6) is 0 Å². The molecule has 0 spiro atoms. The van der Waals surface area contributed by atoms with E-state index in [0.717, 1.165) is 12.8 Å². The van der Waals surface area contributed by atoms with E-state index in [1.54, 1.807) is 0 Å². The topological polar surface area (TPSA) is 0 Å². The van der Waals surface area contributed by atoms with Gasteiger partial charge in [-0.2, -0.15) is 0 Å². The van der Waals surface area contributed by atoms with Crippen molar-refractivity contribution in [2.45, 2.75) is 48.4 Å². The molecule has 0 saturated carbocycles. The summed E-state index contributed by atoms with van der Waals surface area (Å²) in [6.45, 7) is 9.17. The minimum absolute atomic E-state index is 0. The molecule has 4 rings (SSSR count). The Bertz CT molecular complexity index is 914. The van der Waals surface area contributed by atoms with Crippen LogP contribution < -0.4 is 0 Å². The van der Waals surface area contributed by atoms with E-state index in [1.807, 2.05) is 0 Å². The number of benzene rings is 2. The molecule has 142 valence electrons. The van der Waals surface area contributed by atoms with Gasteiger partial charge in [0.25, 0.3) is 0 Å². The fraction of sp³-hybridized carbons (Fsp3) is 0.333. The van der Waals surface area contributed by atoms with Crippen molar-refractivity contribution < 1.29 is 26.2 Å². The van der Waals surface area contributed by atoms with Crippen molar-refractivity contribution in [3.8, 4) is 0 Å². The maximum Gasteiger partial charge on any atom is 0.106 e. The van der Waals surface area contributed by atoms with Crippen LogP contribution in [0.2, 0.25) is 0 Å². The molecule has 2 aliphatic carbocycles. The number of alkyl halides is 2. The second-order valence-electron chi connectivity index (χ2n) is 7.45. The SMILES string of the molecule is CCC1=C(C)C(Br)([Si]C2(Br)C(C)=C(CC)c3ccccc32)c2ccccc21.[Zr]. The summed E-state index contributed by atoms with van der Waals surface area (Å²) in [5, 5.41) is 0. The van der Waals surface area contributed by atoms with Crippen molar-refractivity contribution in [2.75, 3.05) is 0 Å². The van der Waals surface area contributed by atoms with Gasteiger partial charge < -0.3 is 0 Å². The average molecular weight is 592 g/mol. The number of halogens is 2. The Morgan fingerprint density at radius 3 is 1.43 bits per heavy atom. The van der Waals surface area contributed by atoms with Crippen molar-refractivity contribution in [1.29, 1.82) is 0 Å². The molecule has 4 heteroatoms. The molecule has 2 aromatic carbocycles. The van der Waals surface area contributed by atoms with Gasteiger partial charge in [0.15, 0.2) is 0 Å². The van der Waals surface area contributed by atoms with Gasteiger partial charge in [0.2, 0.25) is 0 Å². The summed E-state index contributed by atoms with van der Waals surface area (Å²) < 4.78 is -0.230. The Kier molecular flexibility index (Phi) is 6.68. The molecule has 0 aromatic heterocycles. The number of rotatable bonds is 4. The second-order valence-corrected chi connectivity index (χ2v) is 13.0. The van der Waals surface area contributed by atoms with Gasteiger partial charge in [0.1, 0.15) is 9.52 Å². The summed E-state index contributed by atoms with van der Waals surface area (Å²) in [5.74, 6) is 0. The van der Waals surface area contributed by atoms with E-state index >= 15 is 0 Å². The van der Waals surface area contributed by atoms with Gasteiger partial charge in [0, 0.05) is 26.2 Å². The monoisotopic (exact) mass is 588 g/mol. The van der Waals surface area contributed by atoms with Crippen LogP contribution in [0.4, 0.5) is 0 Å². The van der Waals surface area contributed by atoms with E-state index in [2.05, 4.69) is 108 Å². The standard InChI is InChI=1S/C24H24Br2Si.Zr/c1-5-17-15(3)23(25,21-13-9-7-11-19(17)21)27-24(26)16(4)18(6-2)20-12-8-10-14-22(20)24;/h7-14H,5-6H2,1-4H3;. The zero-order chi connectivity index (χ0) is 19.4. The Hall–Kier alpha value is -0.0200. The molecule has 2 atom stereocenters. The molecule has 0 heterocycles. The van der Waals surface area contributed by atoms with Crippen molar-refractivity contribution in [1.82, 2.24) is 0 Å². The van der Waals surface area contributed by atoms with Crippen LogP contribution >= 0.6 is 31.9 Å². The van der Waals surface area contributed by atoms with Crippen LogP contribution in [0.25, 0.3) is 11.1 Å². The molecule has 0 N–H and O–H groups in total. The van der Waals surface area contributed by atoms with E-state index in [1.165, 1.54) is 44.5 Å². The molecule has 0 bridgehead atoms. The summed E-state index contributed by atoms with van der Waals surface area (Å²) in [5.41, 5.74) is 11.6. The Balaban J connectivity index is 0.00000225. The summed E-state index contributed by atoms with van der Waals surface area (Å²) in [6, 6.07) is 17.9. The molecule has 0 fully saturated rings. The first-order valence-electron chi connectivity index (χ1n) is 9.65. The smallest absolute Gasteiger partial charge is 0.0795 e. The van der Waals surface area contributed by atoms with Crippen LogP contribution in [0.3, 0.4) is 0 Å². The van der Waals surface area contributed by atoms with Crippen LogP contribution in [0.1, 0.15) is 62.8 Å². The molecule has 2 radical (unpaired) electrons. The predicted molar refractivity (Wildman–Crippen MR) is 126 cm³/mol. The molecule has 0 nitrogen and oxygen atoms in total. The van der Waals surface area contributed by atoms with Crippen molar-refractivity contribution in [3.05, 3.63) is 81.9 Å². The van der Waals surface area contributed by atoms with Crippen LogP contribution in [0.15, 0.2) is 59.7 Å². The molecule has 0 aliphatic heterocycles. The number of hydrogen-bond donors (Lipinski definition) is 0. The first-order chi connectivity index (χ1) is 12.9. The Morgan fingerprint density at radius 1 is 0.714 bits per heavy atom. The number of allylic oxidation sites excluding steroid dienone is 4. The fourth-order valence-corrected chi connectivity index (χ4v) is 10.4. The normalized spacial score (nSPS) is 25.6. The third-order valence-electron chi connectivity index (χ3n) is 6.24. The maximum absolute atomic E-state index is 4.26. The maximum atomic E-state index is 4.26. The van der Waals surface area contributed by atoms with Crippen LogP contribution in [-0.2, 0) is 34.1 Å². The molecular formula is C24H24Br2SiZr. The van der Waals surface area contributed by atoms with E-state index in [-0.39, 0.29) is 34.1 Å². The number of fused-ring (bicyclic) bond motifs is 2. The third kappa shape index (κ3) is 3.13. The van der Waals surface area contributed by atoms with Crippen LogP contribution in [-0.4, -0.2) is 9.52 Å². The molecule has 0 saturated heterocycles. The van der Waals surface area contributed by atoms with Crippen molar-refractivity contribution >= 4 is 52.5 Å². The second kappa shape index (κ2) is 8.25. The predicted octanol–water partition coefficient (Wildman–Crippen LogP) is 7.58. The molecule has 0 amide bonds.